The van der Waals surface area contributed by atoms with Crippen molar-refractivity contribution in [3.05, 3.63) is 0 Å². The Morgan fingerprint density at radius 2 is 2.18 bits per heavy atom. The molecule has 1 atom stereocenters. The Balaban J connectivity index is 2.55. The lowest BCUT2D eigenvalue weighted by atomic mass is 9.97. The number of nitrogens with zero attached hydrogens (tertiary/aromatic N) is 1. The van der Waals surface area contributed by atoms with Gasteiger partial charge < -0.3 is 15.3 Å². The highest BCUT2D eigenvalue weighted by molar-refractivity contribution is 5.80. The number of carboxylic acids is 1. The van der Waals surface area contributed by atoms with Crippen molar-refractivity contribution in [2.45, 2.75) is 39.2 Å². The van der Waals surface area contributed by atoms with Crippen LogP contribution in [0.1, 0.15) is 33.1 Å². The van der Waals surface area contributed by atoms with Crippen molar-refractivity contribution in [1.29, 1.82) is 0 Å². The predicted molar refractivity (Wildman–Crippen MR) is 64.7 cm³/mol. The van der Waals surface area contributed by atoms with Gasteiger partial charge in [-0.15, -0.1) is 0 Å². The van der Waals surface area contributed by atoms with Crippen LogP contribution < -0.4 is 5.32 Å². The number of carbonyl (C=O) groups excluding carboxylic acids is 1. The van der Waals surface area contributed by atoms with Gasteiger partial charge in [-0.25, -0.2) is 0 Å². The second-order valence-electron chi connectivity index (χ2n) is 4.81. The van der Waals surface area contributed by atoms with Crippen LogP contribution in [0.2, 0.25) is 0 Å². The number of amides is 1. The Hall–Kier alpha value is -1.10. The van der Waals surface area contributed by atoms with E-state index >= 15 is 0 Å². The van der Waals surface area contributed by atoms with Crippen molar-refractivity contribution >= 4 is 11.9 Å². The van der Waals surface area contributed by atoms with Gasteiger partial charge in [0.05, 0.1) is 12.3 Å². The van der Waals surface area contributed by atoms with Crippen molar-refractivity contribution in [3.8, 4) is 0 Å². The molecule has 98 valence electrons. The highest BCUT2D eigenvalue weighted by Gasteiger charge is 2.27. The van der Waals surface area contributed by atoms with E-state index < -0.39 is 5.97 Å². The molecule has 1 amide bonds. The van der Waals surface area contributed by atoms with E-state index in [9.17, 15) is 9.59 Å². The average Bonchev–Trinajstić information content (AvgIpc) is 2.29. The molecule has 0 aromatic rings. The van der Waals surface area contributed by atoms with Gasteiger partial charge in [0.25, 0.3) is 0 Å². The predicted octanol–water partition coefficient (Wildman–Crippen LogP) is 0.698. The SMILES string of the molecule is CC(C)N(CCC(=O)O)C(=O)[C@H]1CCCNC1. The van der Waals surface area contributed by atoms with Crippen LogP contribution in [0.5, 0.6) is 0 Å². The third kappa shape index (κ3) is 4.34. The molecule has 2 N–H and O–H groups in total. The minimum Gasteiger partial charge on any atom is -0.481 e. The quantitative estimate of drug-likeness (QED) is 0.744. The molecule has 5 heteroatoms. The normalized spacial score (nSPS) is 20.3. The largest absolute Gasteiger partial charge is 0.481 e. The first-order valence-electron chi connectivity index (χ1n) is 6.25. The molecule has 0 unspecified atom stereocenters. The molecule has 0 aromatic carbocycles. The minimum absolute atomic E-state index is 0.0138. The summed E-state index contributed by atoms with van der Waals surface area (Å²) in [5, 5.41) is 11.9. The molecule has 0 aromatic heterocycles. The van der Waals surface area contributed by atoms with E-state index in [1.54, 1.807) is 4.90 Å². The molecule has 0 aliphatic carbocycles. The third-order valence-electron chi connectivity index (χ3n) is 3.12. The number of hydrogen-bond acceptors (Lipinski definition) is 3. The summed E-state index contributed by atoms with van der Waals surface area (Å²) >= 11 is 0. The molecule has 0 saturated carbocycles. The fourth-order valence-corrected chi connectivity index (χ4v) is 2.14. The summed E-state index contributed by atoms with van der Waals surface area (Å²) in [7, 11) is 0. The molecule has 1 aliphatic rings. The first-order valence-corrected chi connectivity index (χ1v) is 6.25. The van der Waals surface area contributed by atoms with E-state index in [1.165, 1.54) is 0 Å². The molecule has 1 saturated heterocycles. The molecule has 0 bridgehead atoms. The molecule has 5 nitrogen and oxygen atoms in total. The number of carboxylic acid groups (broad SMARTS) is 1. The molecule has 0 spiro atoms. The van der Waals surface area contributed by atoms with Crippen molar-refractivity contribution in [3.63, 3.8) is 0 Å². The van der Waals surface area contributed by atoms with Gasteiger partial charge in [0, 0.05) is 19.1 Å². The Morgan fingerprint density at radius 3 is 2.65 bits per heavy atom. The van der Waals surface area contributed by atoms with Gasteiger partial charge in [-0.2, -0.15) is 0 Å². The standard InChI is InChI=1S/C12H22N2O3/c1-9(2)14(7-5-11(15)16)12(17)10-4-3-6-13-8-10/h9-10,13H,3-8H2,1-2H3,(H,15,16)/t10-/m0/s1. The Kier molecular flexibility index (Phi) is 5.41. The summed E-state index contributed by atoms with van der Waals surface area (Å²) in [6.45, 7) is 5.85. The third-order valence-corrected chi connectivity index (χ3v) is 3.12. The maximum absolute atomic E-state index is 12.2. The highest BCUT2D eigenvalue weighted by Crippen LogP contribution is 2.15. The van der Waals surface area contributed by atoms with Gasteiger partial charge in [-0.05, 0) is 33.2 Å². The van der Waals surface area contributed by atoms with E-state index in [2.05, 4.69) is 5.32 Å². The Labute approximate surface area is 102 Å². The van der Waals surface area contributed by atoms with E-state index in [4.69, 9.17) is 5.11 Å². The molecular weight excluding hydrogens is 220 g/mol. The van der Waals surface area contributed by atoms with Crippen LogP contribution >= 0.6 is 0 Å². The van der Waals surface area contributed by atoms with Crippen LogP contribution in [0.25, 0.3) is 0 Å². The van der Waals surface area contributed by atoms with Crippen molar-refractivity contribution in [2.24, 2.45) is 5.92 Å². The number of hydrogen-bond donors (Lipinski definition) is 2. The summed E-state index contributed by atoms with van der Waals surface area (Å²) in [6, 6.07) is 0.0591. The summed E-state index contributed by atoms with van der Waals surface area (Å²) in [5.41, 5.74) is 0. The lowest BCUT2D eigenvalue weighted by Crippen LogP contribution is -2.46. The maximum Gasteiger partial charge on any atom is 0.305 e. The molecule has 17 heavy (non-hydrogen) atoms. The smallest absolute Gasteiger partial charge is 0.305 e. The summed E-state index contributed by atoms with van der Waals surface area (Å²) < 4.78 is 0. The van der Waals surface area contributed by atoms with Crippen molar-refractivity contribution < 1.29 is 14.7 Å². The molecule has 1 heterocycles. The van der Waals surface area contributed by atoms with E-state index in [1.807, 2.05) is 13.8 Å². The summed E-state index contributed by atoms with van der Waals surface area (Å²) in [5.74, 6) is -0.751. The lowest BCUT2D eigenvalue weighted by Gasteiger charge is -2.32. The van der Waals surface area contributed by atoms with Gasteiger partial charge in [-0.1, -0.05) is 0 Å². The number of piperidine rings is 1. The van der Waals surface area contributed by atoms with Crippen LogP contribution in [0.15, 0.2) is 0 Å². The maximum atomic E-state index is 12.2. The molecular formula is C12H22N2O3. The first kappa shape index (κ1) is 14.0. The van der Waals surface area contributed by atoms with E-state index in [-0.39, 0.29) is 24.3 Å². The average molecular weight is 242 g/mol. The Bertz CT molecular complexity index is 273. The number of aliphatic carboxylic acids is 1. The number of nitrogens with one attached hydrogen (secondary N) is 1. The molecule has 1 rings (SSSR count). The van der Waals surface area contributed by atoms with Crippen molar-refractivity contribution in [2.75, 3.05) is 19.6 Å². The molecule has 1 fully saturated rings. The van der Waals surface area contributed by atoms with Gasteiger partial charge in [0.1, 0.15) is 0 Å². The van der Waals surface area contributed by atoms with E-state index in [0.29, 0.717) is 6.54 Å². The van der Waals surface area contributed by atoms with Crippen LogP contribution in [0.3, 0.4) is 0 Å². The number of rotatable bonds is 5. The summed E-state index contributed by atoms with van der Waals surface area (Å²) in [4.78, 5) is 24.5. The first-order chi connectivity index (χ1) is 8.02. The van der Waals surface area contributed by atoms with Gasteiger partial charge >= 0.3 is 5.97 Å². The second kappa shape index (κ2) is 6.59. The lowest BCUT2D eigenvalue weighted by molar-refractivity contribution is -0.141. The highest BCUT2D eigenvalue weighted by atomic mass is 16.4. The number of carbonyl (C=O) groups is 2. The van der Waals surface area contributed by atoms with Gasteiger partial charge in [0.15, 0.2) is 0 Å². The zero-order valence-corrected chi connectivity index (χ0v) is 10.6. The van der Waals surface area contributed by atoms with Crippen LogP contribution in [0, 0.1) is 5.92 Å². The molecule has 1 aliphatic heterocycles. The Morgan fingerprint density at radius 1 is 1.47 bits per heavy atom. The topological polar surface area (TPSA) is 69.6 Å². The van der Waals surface area contributed by atoms with Gasteiger partial charge in [0.2, 0.25) is 5.91 Å². The zero-order chi connectivity index (χ0) is 12.8. The van der Waals surface area contributed by atoms with E-state index in [0.717, 1.165) is 25.9 Å². The van der Waals surface area contributed by atoms with Crippen LogP contribution in [0.4, 0.5) is 0 Å². The van der Waals surface area contributed by atoms with Crippen LogP contribution in [-0.2, 0) is 9.59 Å². The second-order valence-corrected chi connectivity index (χ2v) is 4.81. The fourth-order valence-electron chi connectivity index (χ4n) is 2.14. The fraction of sp³-hybridized carbons (Fsp3) is 0.833. The zero-order valence-electron chi connectivity index (χ0n) is 10.6. The van der Waals surface area contributed by atoms with Gasteiger partial charge in [-0.3, -0.25) is 9.59 Å². The summed E-state index contributed by atoms with van der Waals surface area (Å²) in [6.07, 6.45) is 1.94. The van der Waals surface area contributed by atoms with Crippen molar-refractivity contribution in [1.82, 2.24) is 10.2 Å². The minimum atomic E-state index is -0.856. The van der Waals surface area contributed by atoms with Crippen LogP contribution in [-0.4, -0.2) is 47.6 Å². The molecule has 0 radical (unpaired) electrons. The monoisotopic (exact) mass is 242 g/mol.